The summed E-state index contributed by atoms with van der Waals surface area (Å²) in [6.45, 7) is 20.3. The Hall–Kier alpha value is -3.65. The van der Waals surface area contributed by atoms with E-state index in [1.54, 1.807) is 0 Å². The first-order valence-electron chi connectivity index (χ1n) is 14.2. The Morgan fingerprint density at radius 3 is 2.23 bits per heavy atom. The van der Waals surface area contributed by atoms with Crippen LogP contribution in [0.2, 0.25) is 0 Å². The lowest BCUT2D eigenvalue weighted by Gasteiger charge is -2.33. The zero-order chi connectivity index (χ0) is 28.3. The molecule has 0 atom stereocenters. The van der Waals surface area contributed by atoms with Crippen molar-refractivity contribution in [2.24, 2.45) is 10.9 Å². The highest BCUT2D eigenvalue weighted by Crippen LogP contribution is 2.30. The summed E-state index contributed by atoms with van der Waals surface area (Å²) in [6, 6.07) is 14.3. The summed E-state index contributed by atoms with van der Waals surface area (Å²) in [7, 11) is 0. The third-order valence-corrected chi connectivity index (χ3v) is 8.40. The van der Waals surface area contributed by atoms with Gasteiger partial charge >= 0.3 is 0 Å². The third kappa shape index (κ3) is 6.33. The van der Waals surface area contributed by atoms with Gasteiger partial charge in [0.2, 0.25) is 0 Å². The number of nitrogens with zero attached hydrogens (tertiary/aromatic N) is 4. The van der Waals surface area contributed by atoms with E-state index in [1.807, 2.05) is 24.0 Å². The lowest BCUT2D eigenvalue weighted by molar-refractivity contribution is 0.0712. The number of carbonyl (C=O) groups is 1. The van der Waals surface area contributed by atoms with Crippen molar-refractivity contribution in [1.82, 2.24) is 9.80 Å². The summed E-state index contributed by atoms with van der Waals surface area (Å²) >= 11 is 0. The molecule has 5 nitrogen and oxygen atoms in total. The van der Waals surface area contributed by atoms with Gasteiger partial charge in [-0.15, -0.1) is 0 Å². The molecule has 0 bridgehead atoms. The van der Waals surface area contributed by atoms with Crippen molar-refractivity contribution in [1.29, 1.82) is 5.26 Å². The minimum atomic E-state index is 0.107. The van der Waals surface area contributed by atoms with Gasteiger partial charge in [0.15, 0.2) is 0 Å². The number of aryl methyl sites for hydroxylation is 2. The molecule has 39 heavy (non-hydrogen) atoms. The van der Waals surface area contributed by atoms with Crippen molar-refractivity contribution >= 4 is 11.6 Å². The second kappa shape index (κ2) is 12.0. The first-order valence-corrected chi connectivity index (χ1v) is 14.2. The van der Waals surface area contributed by atoms with Gasteiger partial charge in [-0.05, 0) is 98.4 Å². The lowest BCUT2D eigenvalue weighted by atomic mass is 9.88. The number of piperidine rings is 1. The topological polar surface area (TPSA) is 59.7 Å². The van der Waals surface area contributed by atoms with E-state index in [2.05, 4.69) is 76.4 Å². The van der Waals surface area contributed by atoms with E-state index >= 15 is 0 Å². The Kier molecular flexibility index (Phi) is 8.75. The number of amides is 1. The molecule has 0 N–H and O–H groups in total. The van der Waals surface area contributed by atoms with E-state index in [9.17, 15) is 4.79 Å². The molecule has 2 aromatic carbocycles. The van der Waals surface area contributed by atoms with Crippen LogP contribution in [0.5, 0.6) is 0 Å². The van der Waals surface area contributed by atoms with Gasteiger partial charge in [-0.2, -0.15) is 5.26 Å². The van der Waals surface area contributed by atoms with Crippen molar-refractivity contribution in [2.45, 2.75) is 66.7 Å². The maximum Gasteiger partial charge on any atom is 0.254 e. The molecule has 1 saturated heterocycles. The highest BCUT2D eigenvalue weighted by molar-refractivity contribution is 6.04. The number of carbonyl (C=O) groups excluding carboxylic acids is 1. The largest absolute Gasteiger partial charge is 0.371 e. The van der Waals surface area contributed by atoms with Gasteiger partial charge in [0, 0.05) is 55.3 Å². The Bertz CT molecular complexity index is 1350. The number of allylic oxidation sites excluding steroid dienone is 1. The van der Waals surface area contributed by atoms with Gasteiger partial charge < -0.3 is 9.80 Å². The molecule has 204 valence electrons. The van der Waals surface area contributed by atoms with Crippen LogP contribution in [0.4, 0.5) is 0 Å². The van der Waals surface area contributed by atoms with Crippen molar-refractivity contribution in [3.63, 3.8) is 0 Å². The standard InChI is InChI=1S/C34H42N4O/c1-22(2)27(7)38-17-14-33(25(5)21-38)36-26(6)31-19-32(24(4)18-23(31)3)34(39)37-15-12-30(13-16-37)29-10-8-28(20-35)9-11-29/h8-11,18-19,22,30H,7,12-17,21H2,1-6H3. The maximum atomic E-state index is 13.7. The smallest absolute Gasteiger partial charge is 0.254 e. The van der Waals surface area contributed by atoms with Crippen molar-refractivity contribution in [3.8, 4) is 6.07 Å². The Labute approximate surface area is 234 Å². The Morgan fingerprint density at radius 1 is 1.00 bits per heavy atom. The van der Waals surface area contributed by atoms with E-state index in [1.165, 1.54) is 16.8 Å². The van der Waals surface area contributed by atoms with Gasteiger partial charge in [0.1, 0.15) is 0 Å². The zero-order valence-corrected chi connectivity index (χ0v) is 24.5. The van der Waals surface area contributed by atoms with Crippen LogP contribution in [-0.4, -0.2) is 47.6 Å². The molecule has 1 fully saturated rings. The van der Waals surface area contributed by atoms with Crippen LogP contribution < -0.4 is 0 Å². The molecule has 2 aliphatic heterocycles. The molecule has 2 aliphatic rings. The summed E-state index contributed by atoms with van der Waals surface area (Å²) in [6.07, 6.45) is 2.77. The van der Waals surface area contributed by atoms with E-state index in [-0.39, 0.29) is 5.91 Å². The number of aliphatic imine (C=N–C) groups is 1. The van der Waals surface area contributed by atoms with Crippen LogP contribution in [0.25, 0.3) is 0 Å². The maximum absolute atomic E-state index is 13.7. The second-order valence-electron chi connectivity index (χ2n) is 11.5. The zero-order valence-electron chi connectivity index (χ0n) is 24.5. The van der Waals surface area contributed by atoms with E-state index in [0.29, 0.717) is 17.4 Å². The fourth-order valence-corrected chi connectivity index (χ4v) is 5.82. The number of hydrogen-bond acceptors (Lipinski definition) is 4. The minimum Gasteiger partial charge on any atom is -0.371 e. The van der Waals surface area contributed by atoms with Crippen molar-refractivity contribution < 1.29 is 4.79 Å². The number of likely N-dealkylation sites (tertiary alicyclic amines) is 1. The number of benzene rings is 2. The Balaban J connectivity index is 1.49. The highest BCUT2D eigenvalue weighted by atomic mass is 16.2. The summed E-state index contributed by atoms with van der Waals surface area (Å²) in [5.74, 6) is 0.972. The van der Waals surface area contributed by atoms with Crippen molar-refractivity contribution in [2.75, 3.05) is 26.2 Å². The summed E-state index contributed by atoms with van der Waals surface area (Å²) < 4.78 is 0. The molecule has 0 aliphatic carbocycles. The number of hydrogen-bond donors (Lipinski definition) is 0. The average molecular weight is 523 g/mol. The monoisotopic (exact) mass is 522 g/mol. The summed E-state index contributed by atoms with van der Waals surface area (Å²) in [5.41, 5.74) is 10.5. The predicted molar refractivity (Wildman–Crippen MR) is 160 cm³/mol. The quantitative estimate of drug-likeness (QED) is 0.378. The second-order valence-corrected chi connectivity index (χ2v) is 11.5. The van der Waals surface area contributed by atoms with Crippen LogP contribution in [0, 0.1) is 31.1 Å². The fraction of sp³-hybridized carbons (Fsp3) is 0.441. The molecule has 1 amide bonds. The van der Waals surface area contributed by atoms with Crippen LogP contribution in [-0.2, 0) is 0 Å². The van der Waals surface area contributed by atoms with Crippen LogP contribution in [0.1, 0.15) is 91.1 Å². The molecule has 2 aromatic rings. The first kappa shape index (κ1) is 28.4. The fourth-order valence-electron chi connectivity index (χ4n) is 5.82. The normalized spacial score (nSPS) is 17.0. The van der Waals surface area contributed by atoms with Gasteiger partial charge in [-0.1, -0.05) is 38.6 Å². The minimum absolute atomic E-state index is 0.107. The Morgan fingerprint density at radius 2 is 1.64 bits per heavy atom. The SMILES string of the molecule is C=C(C(C)C)N1CCC(N=C(C)c2cc(C(=O)N3CCC(c4ccc(C#N)cc4)CC3)c(C)cc2C)=C(C)C1. The molecule has 2 heterocycles. The third-order valence-electron chi connectivity index (χ3n) is 8.40. The molecule has 4 rings (SSSR count). The highest BCUT2D eigenvalue weighted by Gasteiger charge is 2.26. The number of nitriles is 1. The van der Waals surface area contributed by atoms with Crippen LogP contribution >= 0.6 is 0 Å². The molecule has 0 aromatic heterocycles. The molecular formula is C34H42N4O. The van der Waals surface area contributed by atoms with E-state index in [4.69, 9.17) is 10.3 Å². The predicted octanol–water partition coefficient (Wildman–Crippen LogP) is 7.15. The van der Waals surface area contributed by atoms with Gasteiger partial charge in [-0.25, -0.2) is 0 Å². The molecule has 0 radical (unpaired) electrons. The van der Waals surface area contributed by atoms with Crippen molar-refractivity contribution in [3.05, 3.63) is 93.3 Å². The van der Waals surface area contributed by atoms with Crippen LogP contribution in [0.15, 0.2) is 64.9 Å². The first-order chi connectivity index (χ1) is 18.6. The molecule has 0 unspecified atom stereocenters. The lowest BCUT2D eigenvalue weighted by Crippen LogP contribution is -2.38. The van der Waals surface area contributed by atoms with Gasteiger partial charge in [0.25, 0.3) is 5.91 Å². The van der Waals surface area contributed by atoms with Gasteiger partial charge in [0.05, 0.1) is 11.6 Å². The molecule has 0 saturated carbocycles. The summed E-state index contributed by atoms with van der Waals surface area (Å²) in [5, 5.41) is 9.07. The van der Waals surface area contributed by atoms with E-state index < -0.39 is 0 Å². The number of rotatable bonds is 6. The molecular weight excluding hydrogens is 480 g/mol. The summed E-state index contributed by atoms with van der Waals surface area (Å²) in [4.78, 5) is 23.1. The molecule has 0 spiro atoms. The van der Waals surface area contributed by atoms with E-state index in [0.717, 1.165) is 79.1 Å². The van der Waals surface area contributed by atoms with Gasteiger partial charge in [-0.3, -0.25) is 9.79 Å². The molecule has 5 heteroatoms. The van der Waals surface area contributed by atoms with Crippen LogP contribution in [0.3, 0.4) is 0 Å². The average Bonchev–Trinajstić information content (AvgIpc) is 2.93.